The maximum absolute atomic E-state index is 13.1. The quantitative estimate of drug-likeness (QED) is 0.0195. The number of aliphatic hydroxyl groups excluding tert-OH is 5. The number of carbonyl (C=O) groups is 2. The smallest absolute Gasteiger partial charge is 0.305 e. The lowest BCUT2D eigenvalue weighted by Crippen LogP contribution is -2.60. The number of esters is 1. The number of aliphatic hydroxyl groups is 5. The number of hydrogen-bond acceptors (Lipinski definition) is 10. The molecule has 7 unspecified atom stereocenters. The molecule has 0 aromatic heterocycles. The van der Waals surface area contributed by atoms with Crippen molar-refractivity contribution in [2.24, 2.45) is 0 Å². The van der Waals surface area contributed by atoms with Gasteiger partial charge < -0.3 is 45.1 Å². The zero-order valence-electron chi connectivity index (χ0n) is 57.6. The van der Waals surface area contributed by atoms with Gasteiger partial charge in [0.25, 0.3) is 0 Å². The lowest BCUT2D eigenvalue weighted by molar-refractivity contribution is -0.302. The van der Waals surface area contributed by atoms with Crippen LogP contribution in [-0.4, -0.2) is 100 Å². The second-order valence-corrected chi connectivity index (χ2v) is 26.0. The molecule has 0 aromatic rings. The Kier molecular flexibility index (Phi) is 62.9. The van der Waals surface area contributed by atoms with Crippen molar-refractivity contribution in [3.63, 3.8) is 0 Å². The minimum Gasteiger partial charge on any atom is -0.466 e. The summed E-state index contributed by atoms with van der Waals surface area (Å²) in [5, 5.41) is 54.4. The zero-order valence-corrected chi connectivity index (χ0v) is 57.6. The Morgan fingerprint density at radius 3 is 1.21 bits per heavy atom. The second-order valence-electron chi connectivity index (χ2n) is 26.0. The van der Waals surface area contributed by atoms with Gasteiger partial charge in [-0.1, -0.05) is 299 Å². The van der Waals surface area contributed by atoms with Crippen LogP contribution >= 0.6 is 0 Å². The summed E-state index contributed by atoms with van der Waals surface area (Å²) >= 11 is 0. The van der Waals surface area contributed by atoms with Crippen molar-refractivity contribution < 1.29 is 49.3 Å². The molecule has 7 atom stereocenters. The molecule has 0 aliphatic carbocycles. The third-order valence-corrected chi connectivity index (χ3v) is 17.5. The highest BCUT2D eigenvalue weighted by Crippen LogP contribution is 2.23. The number of ether oxygens (including phenoxy) is 3. The van der Waals surface area contributed by atoms with Crippen molar-refractivity contribution in [1.82, 2.24) is 5.32 Å². The van der Waals surface area contributed by atoms with Gasteiger partial charge in [-0.3, -0.25) is 9.59 Å². The highest BCUT2D eigenvalue weighted by atomic mass is 16.7. The molecule has 6 N–H and O–H groups in total. The first-order valence-electron chi connectivity index (χ1n) is 37.7. The number of carbonyl (C=O) groups excluding carboxylic acids is 2. The van der Waals surface area contributed by atoms with Gasteiger partial charge in [-0.05, 0) is 109 Å². The van der Waals surface area contributed by atoms with E-state index >= 15 is 0 Å². The number of hydrogen-bond donors (Lipinski definition) is 6. The molecule has 0 saturated carbocycles. The largest absolute Gasteiger partial charge is 0.466 e. The summed E-state index contributed by atoms with van der Waals surface area (Å²) in [6.07, 6.45) is 80.7. The lowest BCUT2D eigenvalue weighted by atomic mass is 9.99. The SMILES string of the molecule is CCCC/C=C/CC/C=C/CC/C=C/C(O)C(COC1OC(CO)C(O)C(O)C1O)NC(=O)CCCCCCCCCCCCCCCCCCC/C=C\C/C=C\CCCCCCCCCCCCCCCOC(=O)CCCCCCC/C=C\CCCCC. The molecule has 1 amide bonds. The summed E-state index contributed by atoms with van der Waals surface area (Å²) in [4.78, 5) is 25.1. The maximum Gasteiger partial charge on any atom is 0.305 e. The molecule has 1 aliphatic heterocycles. The van der Waals surface area contributed by atoms with Gasteiger partial charge in [-0.25, -0.2) is 0 Å². The van der Waals surface area contributed by atoms with Crippen molar-refractivity contribution >= 4 is 11.9 Å². The molecule has 1 rings (SSSR count). The first-order chi connectivity index (χ1) is 43.7. The zero-order chi connectivity index (χ0) is 64.4. The highest BCUT2D eigenvalue weighted by molar-refractivity contribution is 5.76. The van der Waals surface area contributed by atoms with Crippen LogP contribution in [0.5, 0.6) is 0 Å². The molecular formula is C78H141NO10. The van der Waals surface area contributed by atoms with Crippen molar-refractivity contribution in [3.05, 3.63) is 72.9 Å². The van der Waals surface area contributed by atoms with Crippen molar-refractivity contribution in [1.29, 1.82) is 0 Å². The van der Waals surface area contributed by atoms with E-state index in [4.69, 9.17) is 14.2 Å². The minimum absolute atomic E-state index is 0.00186. The Balaban J connectivity index is 1.93. The van der Waals surface area contributed by atoms with Gasteiger partial charge in [-0.2, -0.15) is 0 Å². The van der Waals surface area contributed by atoms with Crippen LogP contribution < -0.4 is 5.32 Å². The number of rotatable bonds is 66. The van der Waals surface area contributed by atoms with Crippen LogP contribution in [0.4, 0.5) is 0 Å². The Morgan fingerprint density at radius 1 is 0.416 bits per heavy atom. The molecule has 1 heterocycles. The molecule has 0 aromatic carbocycles. The average molecular weight is 1250 g/mol. The standard InChI is InChI=1S/C78H141NO10/c1-3-5-7-9-11-13-15-44-48-52-56-60-64-71(81)70(69-88-78-77(86)76(85)75(84)72(68-80)89-78)79-73(82)65-61-57-53-49-45-42-40-38-36-34-32-30-28-26-24-22-20-18-17-19-21-23-25-27-29-31-33-35-37-39-41-43-47-51-55-59-63-67-87-74(83)66-62-58-54-50-46-16-14-12-10-8-6-4-2/h9,11-12,14,17,19,23,25,44,48,60,64,70-72,75-78,80-81,84-86H,3-8,10,13,15-16,18,20-22,24,26-43,45-47,49-59,61-63,65-69H2,1-2H3,(H,79,82)/b11-9+,14-12-,19-17-,25-23-,48-44+,64-60+. The molecule has 0 radical (unpaired) electrons. The van der Waals surface area contributed by atoms with Gasteiger partial charge >= 0.3 is 5.97 Å². The van der Waals surface area contributed by atoms with Crippen LogP contribution in [0.2, 0.25) is 0 Å². The molecule has 0 spiro atoms. The molecule has 518 valence electrons. The predicted molar refractivity (Wildman–Crippen MR) is 375 cm³/mol. The summed E-state index contributed by atoms with van der Waals surface area (Å²) < 4.78 is 16.7. The van der Waals surface area contributed by atoms with Crippen LogP contribution in [0.3, 0.4) is 0 Å². The summed E-state index contributed by atoms with van der Waals surface area (Å²) in [6.45, 7) is 4.27. The van der Waals surface area contributed by atoms with E-state index < -0.39 is 49.5 Å². The van der Waals surface area contributed by atoms with E-state index in [1.807, 2.05) is 6.08 Å². The number of nitrogens with one attached hydrogen (secondary N) is 1. The monoisotopic (exact) mass is 1250 g/mol. The molecule has 11 heteroatoms. The fourth-order valence-electron chi connectivity index (χ4n) is 11.5. The number of unbranched alkanes of at least 4 members (excludes halogenated alkanes) is 42. The van der Waals surface area contributed by atoms with E-state index in [1.54, 1.807) is 6.08 Å². The van der Waals surface area contributed by atoms with Crippen LogP contribution in [0.15, 0.2) is 72.9 Å². The summed E-state index contributed by atoms with van der Waals surface area (Å²) in [5.41, 5.74) is 0. The molecule has 0 bridgehead atoms. The van der Waals surface area contributed by atoms with E-state index in [1.165, 1.54) is 244 Å². The van der Waals surface area contributed by atoms with Crippen LogP contribution in [0.25, 0.3) is 0 Å². The van der Waals surface area contributed by atoms with Gasteiger partial charge in [-0.15, -0.1) is 0 Å². The fraction of sp³-hybridized carbons (Fsp3) is 0.821. The number of allylic oxidation sites excluding steroid dienone is 11. The first-order valence-corrected chi connectivity index (χ1v) is 37.7. The Labute approximate surface area is 547 Å². The van der Waals surface area contributed by atoms with Gasteiger partial charge in [0.2, 0.25) is 5.91 Å². The lowest BCUT2D eigenvalue weighted by Gasteiger charge is -2.40. The Bertz CT molecular complexity index is 1710. The first kappa shape index (κ1) is 84.1. The van der Waals surface area contributed by atoms with E-state index in [-0.39, 0.29) is 18.5 Å². The van der Waals surface area contributed by atoms with Gasteiger partial charge in [0.15, 0.2) is 6.29 Å². The van der Waals surface area contributed by atoms with Crippen molar-refractivity contribution in [2.75, 3.05) is 19.8 Å². The van der Waals surface area contributed by atoms with Gasteiger partial charge in [0.05, 0.1) is 32.0 Å². The van der Waals surface area contributed by atoms with E-state index in [0.717, 1.165) is 77.0 Å². The van der Waals surface area contributed by atoms with E-state index in [2.05, 4.69) is 79.9 Å². The minimum atomic E-state index is -1.58. The van der Waals surface area contributed by atoms with Crippen LogP contribution in [0, 0.1) is 0 Å². The highest BCUT2D eigenvalue weighted by Gasteiger charge is 2.44. The molecule has 1 aliphatic rings. The molecule has 89 heavy (non-hydrogen) atoms. The van der Waals surface area contributed by atoms with Crippen molar-refractivity contribution in [3.8, 4) is 0 Å². The van der Waals surface area contributed by atoms with E-state index in [9.17, 15) is 35.1 Å². The van der Waals surface area contributed by atoms with Crippen LogP contribution in [-0.2, 0) is 23.8 Å². The molecular weight excluding hydrogens is 1110 g/mol. The molecule has 1 saturated heterocycles. The molecule has 11 nitrogen and oxygen atoms in total. The maximum atomic E-state index is 13.1. The summed E-state index contributed by atoms with van der Waals surface area (Å²) in [7, 11) is 0. The third kappa shape index (κ3) is 55.3. The Morgan fingerprint density at radius 2 is 0.775 bits per heavy atom. The van der Waals surface area contributed by atoms with E-state index in [0.29, 0.717) is 19.4 Å². The predicted octanol–water partition coefficient (Wildman–Crippen LogP) is 19.9. The van der Waals surface area contributed by atoms with Gasteiger partial charge in [0.1, 0.15) is 24.4 Å². The summed E-state index contributed by atoms with van der Waals surface area (Å²) in [5.74, 6) is -0.192. The fourth-order valence-corrected chi connectivity index (χ4v) is 11.5. The average Bonchev–Trinajstić information content (AvgIpc) is 2.35. The normalized spacial score (nSPS) is 18.1. The second kappa shape index (κ2) is 66.6. The number of amides is 1. The molecule has 1 fully saturated rings. The van der Waals surface area contributed by atoms with Gasteiger partial charge in [0, 0.05) is 12.8 Å². The Hall–Kier alpha value is -2.90. The third-order valence-electron chi connectivity index (χ3n) is 17.5. The summed E-state index contributed by atoms with van der Waals surface area (Å²) in [6, 6.07) is -0.834. The topological polar surface area (TPSA) is 175 Å². The van der Waals surface area contributed by atoms with Crippen LogP contribution in [0.1, 0.15) is 348 Å². The van der Waals surface area contributed by atoms with Crippen molar-refractivity contribution in [2.45, 2.75) is 391 Å².